The molecular formula is C40H60O8Si5. The molecule has 288 valence electrons. The molecule has 0 saturated carbocycles. The average Bonchev–Trinajstić information content (AvgIpc) is 3.23. The Labute approximate surface area is 323 Å². The van der Waals surface area contributed by atoms with Gasteiger partial charge in [0.25, 0.3) is 0 Å². The summed E-state index contributed by atoms with van der Waals surface area (Å²) in [6.45, 7) is 9.40. The lowest BCUT2D eigenvalue weighted by atomic mass is 10.4. The van der Waals surface area contributed by atoms with E-state index in [9.17, 15) is 0 Å². The first-order valence-electron chi connectivity index (χ1n) is 18.2. The van der Waals surface area contributed by atoms with Crippen LogP contribution < -0.4 is 20.7 Å². The molecule has 0 saturated heterocycles. The quantitative estimate of drug-likeness (QED) is 0.105. The van der Waals surface area contributed by atoms with Crippen LogP contribution in [-0.2, 0) is 35.4 Å². The van der Waals surface area contributed by atoms with Gasteiger partial charge in [-0.2, -0.15) is 0 Å². The molecular weight excluding hydrogens is 749 g/mol. The summed E-state index contributed by atoms with van der Waals surface area (Å²) in [7, 11) is -2.46. The van der Waals surface area contributed by atoms with Crippen LogP contribution in [0.15, 0.2) is 121 Å². The van der Waals surface area contributed by atoms with E-state index >= 15 is 0 Å². The molecule has 0 aromatic heterocycles. The lowest BCUT2D eigenvalue weighted by Gasteiger charge is -2.60. The van der Waals surface area contributed by atoms with Crippen LogP contribution in [0.2, 0.25) is 20.7 Å². The largest absolute Gasteiger partial charge is 0.394 e. The van der Waals surface area contributed by atoms with Gasteiger partial charge in [-0.15, -0.1) is 0 Å². The molecule has 0 amide bonds. The van der Waals surface area contributed by atoms with Gasteiger partial charge in [0.2, 0.25) is 0 Å². The Morgan fingerprint density at radius 1 is 0.283 bits per heavy atom. The fraction of sp³-hybridized carbons (Fsp3) is 0.400. The van der Waals surface area contributed by atoms with Gasteiger partial charge in [-0.3, -0.25) is 0 Å². The van der Waals surface area contributed by atoms with Crippen LogP contribution in [0.1, 0.15) is 27.7 Å². The Kier molecular flexibility index (Phi) is 15.2. The van der Waals surface area contributed by atoms with Gasteiger partial charge in [-0.25, -0.2) is 0 Å². The molecule has 0 spiro atoms. The minimum atomic E-state index is -3.40. The molecule has 0 fully saturated rings. The summed E-state index contributed by atoms with van der Waals surface area (Å²) in [4.78, 5) is 0. The van der Waals surface area contributed by atoms with Gasteiger partial charge in [-0.1, -0.05) is 149 Å². The maximum atomic E-state index is 6.90. The van der Waals surface area contributed by atoms with E-state index in [4.69, 9.17) is 35.4 Å². The van der Waals surface area contributed by atoms with Gasteiger partial charge in [0, 0.05) is 77.5 Å². The third-order valence-electron chi connectivity index (χ3n) is 12.4. The maximum absolute atomic E-state index is 6.90. The van der Waals surface area contributed by atoms with E-state index < -0.39 is 42.3 Å². The van der Waals surface area contributed by atoms with Gasteiger partial charge in [0.05, 0.1) is 8.07 Å². The molecule has 8 nitrogen and oxygen atoms in total. The lowest BCUT2D eigenvalue weighted by Crippen LogP contribution is -2.79. The Bertz CT molecular complexity index is 1400. The topological polar surface area (TPSA) is 73.8 Å². The Morgan fingerprint density at radius 2 is 0.434 bits per heavy atom. The van der Waals surface area contributed by atoms with Gasteiger partial charge in [-0.05, 0) is 20.7 Å². The second-order valence-electron chi connectivity index (χ2n) is 13.7. The maximum Gasteiger partial charge on any atom is 0.372 e. The van der Waals surface area contributed by atoms with Gasteiger partial charge >= 0.3 is 34.2 Å². The van der Waals surface area contributed by atoms with Crippen molar-refractivity contribution in [3.05, 3.63) is 121 Å². The van der Waals surface area contributed by atoms with Crippen LogP contribution in [-0.4, -0.2) is 99.2 Å². The molecule has 4 rings (SSSR count). The lowest BCUT2D eigenvalue weighted by molar-refractivity contribution is 0.239. The van der Waals surface area contributed by atoms with Crippen molar-refractivity contribution in [2.75, 3.05) is 56.9 Å². The van der Waals surface area contributed by atoms with Crippen LogP contribution in [0.25, 0.3) is 0 Å². The third kappa shape index (κ3) is 7.14. The normalized spacial score (nSPS) is 16.4. The summed E-state index contributed by atoms with van der Waals surface area (Å²) in [6.07, 6.45) is 0. The van der Waals surface area contributed by atoms with Crippen LogP contribution in [0, 0.1) is 0 Å². The zero-order chi connectivity index (χ0) is 38.9. The van der Waals surface area contributed by atoms with Crippen LogP contribution in [0.3, 0.4) is 0 Å². The van der Waals surface area contributed by atoms with E-state index in [0.29, 0.717) is 0 Å². The molecule has 0 aliphatic heterocycles. The van der Waals surface area contributed by atoms with Crippen LogP contribution in [0.4, 0.5) is 0 Å². The van der Waals surface area contributed by atoms with Gasteiger partial charge in [0.1, 0.15) is 0 Å². The van der Waals surface area contributed by atoms with Crippen molar-refractivity contribution in [3.63, 3.8) is 0 Å². The minimum absolute atomic E-state index is 0.171. The van der Waals surface area contributed by atoms with Crippen molar-refractivity contribution >= 4 is 63.1 Å². The van der Waals surface area contributed by atoms with Crippen molar-refractivity contribution < 1.29 is 35.4 Å². The number of hydrogen-bond acceptors (Lipinski definition) is 8. The average molecular weight is 809 g/mol. The van der Waals surface area contributed by atoms with E-state index in [1.165, 1.54) is 0 Å². The predicted octanol–water partition coefficient (Wildman–Crippen LogP) is 5.72. The summed E-state index contributed by atoms with van der Waals surface area (Å²) < 4.78 is 55.2. The molecule has 0 aliphatic carbocycles. The molecule has 4 aromatic rings. The number of benzene rings is 4. The first-order chi connectivity index (χ1) is 25.5. The molecule has 4 unspecified atom stereocenters. The van der Waals surface area contributed by atoms with Crippen LogP contribution in [0.5, 0.6) is 0 Å². The zero-order valence-corrected chi connectivity index (χ0v) is 38.6. The molecule has 4 atom stereocenters. The highest BCUT2D eigenvalue weighted by molar-refractivity contribution is 7.18. The van der Waals surface area contributed by atoms with Crippen molar-refractivity contribution in [1.82, 2.24) is 0 Å². The van der Waals surface area contributed by atoms with Gasteiger partial charge < -0.3 is 35.4 Å². The van der Waals surface area contributed by atoms with Crippen molar-refractivity contribution in [3.8, 4) is 0 Å². The molecule has 13 heteroatoms. The SMILES string of the molecule is CO[Si](OC)(c1ccccc1)C(C)[Si](C(C)[Si](OC)(OC)c1ccccc1)(C(C)[Si](OC)(OC)c1ccccc1)C(C)[Si](OC)(OC)c1ccccc1. The van der Waals surface area contributed by atoms with E-state index in [1.54, 1.807) is 56.9 Å². The molecule has 0 bridgehead atoms. The standard InChI is InChI=1S/C40H60O8Si5/c1-33(50(41-5,42-6)37-25-17-13-18-26-37)49(34(2)51(43-7,44-8)38-27-19-14-20-28-38,35(3)52(45-9,46-10)39-29-21-15-22-30-39)36(4)53(47-11,48-12)40-31-23-16-24-32-40/h13-36H,1-12H3. The summed E-state index contributed by atoms with van der Waals surface area (Å²) >= 11 is 0. The van der Waals surface area contributed by atoms with E-state index in [2.05, 4.69) is 125 Å². The molecule has 0 radical (unpaired) electrons. The molecule has 53 heavy (non-hydrogen) atoms. The smallest absolute Gasteiger partial charge is 0.372 e. The first kappa shape index (κ1) is 43.4. The predicted molar refractivity (Wildman–Crippen MR) is 227 cm³/mol. The third-order valence-corrected chi connectivity index (χ3v) is 42.9. The summed E-state index contributed by atoms with van der Waals surface area (Å²) in [5, 5.41) is 3.51. The Balaban J connectivity index is 2.33. The van der Waals surface area contributed by atoms with Crippen LogP contribution >= 0.6 is 0 Å². The second-order valence-corrected chi connectivity index (χ2v) is 35.8. The monoisotopic (exact) mass is 808 g/mol. The fourth-order valence-electron chi connectivity index (χ4n) is 9.94. The van der Waals surface area contributed by atoms with Crippen molar-refractivity contribution in [2.24, 2.45) is 0 Å². The highest BCUT2D eigenvalue weighted by Crippen LogP contribution is 2.60. The van der Waals surface area contributed by atoms with E-state index in [0.717, 1.165) is 20.7 Å². The Hall–Kier alpha value is -2.36. The summed E-state index contributed by atoms with van der Waals surface area (Å²) in [6, 6.07) is 41.8. The van der Waals surface area contributed by atoms with Crippen molar-refractivity contribution in [2.45, 2.75) is 48.4 Å². The molecule has 0 N–H and O–H groups in total. The minimum Gasteiger partial charge on any atom is -0.394 e. The van der Waals surface area contributed by atoms with E-state index in [-0.39, 0.29) is 20.7 Å². The highest BCUT2D eigenvalue weighted by Gasteiger charge is 2.75. The number of hydrogen-bond donors (Lipinski definition) is 0. The molecule has 0 heterocycles. The zero-order valence-electron chi connectivity index (χ0n) is 33.6. The summed E-state index contributed by atoms with van der Waals surface area (Å²) in [5.74, 6) is 0. The van der Waals surface area contributed by atoms with Gasteiger partial charge in [0.15, 0.2) is 0 Å². The highest BCUT2D eigenvalue weighted by atomic mass is 28.5. The molecule has 0 aliphatic rings. The second kappa shape index (κ2) is 18.5. The van der Waals surface area contributed by atoms with Crippen molar-refractivity contribution in [1.29, 1.82) is 0 Å². The molecule has 4 aromatic carbocycles. The number of rotatable bonds is 20. The van der Waals surface area contributed by atoms with E-state index in [1.807, 2.05) is 24.3 Å². The summed E-state index contributed by atoms with van der Waals surface area (Å²) in [5.41, 5.74) is 0. The fourth-order valence-corrected chi connectivity index (χ4v) is 51.8. The Morgan fingerprint density at radius 3 is 0.566 bits per heavy atom. The first-order valence-corrected chi connectivity index (χ1v) is 28.0.